The Morgan fingerprint density at radius 3 is 2.29 bits per heavy atom. The number of hydrogen-bond acceptors (Lipinski definition) is 4. The van der Waals surface area contributed by atoms with Crippen molar-refractivity contribution in [2.24, 2.45) is 0 Å². The maximum absolute atomic E-state index is 12.2. The molecule has 0 aromatic heterocycles. The molecule has 0 saturated carbocycles. The summed E-state index contributed by atoms with van der Waals surface area (Å²) >= 11 is 0. The van der Waals surface area contributed by atoms with E-state index in [1.807, 2.05) is 20.8 Å². The molecule has 0 aliphatic carbocycles. The molecule has 2 rings (SSSR count). The fourth-order valence-corrected chi connectivity index (χ4v) is 2.22. The quantitative estimate of drug-likeness (QED) is 0.846. The summed E-state index contributed by atoms with van der Waals surface area (Å²) in [4.78, 5) is 25.2. The van der Waals surface area contributed by atoms with E-state index in [1.165, 1.54) is 0 Å². The molecule has 0 fully saturated rings. The smallest absolute Gasteiger partial charge is 0.296 e. The number of carbonyl (C=O) groups is 2. The fourth-order valence-electron chi connectivity index (χ4n) is 2.22. The highest BCUT2D eigenvalue weighted by Gasteiger charge is 2.38. The van der Waals surface area contributed by atoms with Gasteiger partial charge >= 0.3 is 0 Å². The number of ether oxygens (including phenoxy) is 1. The van der Waals surface area contributed by atoms with Crippen molar-refractivity contribution in [3.63, 3.8) is 0 Å². The van der Waals surface area contributed by atoms with E-state index >= 15 is 0 Å². The minimum atomic E-state index is -0.626. The molecule has 5 heteroatoms. The third-order valence-electron chi connectivity index (χ3n) is 3.11. The molecule has 0 saturated heterocycles. The molecule has 1 aromatic rings. The van der Waals surface area contributed by atoms with Gasteiger partial charge in [0.05, 0.1) is 11.7 Å². The molecule has 21 heavy (non-hydrogen) atoms. The third-order valence-corrected chi connectivity index (χ3v) is 3.11. The molecule has 0 unspecified atom stereocenters. The van der Waals surface area contributed by atoms with E-state index in [9.17, 15) is 14.7 Å². The molecule has 1 aliphatic rings. The number of amides is 2. The number of rotatable bonds is 5. The molecular weight excluding hydrogens is 270 g/mol. The first-order valence-electron chi connectivity index (χ1n) is 7.02. The van der Waals surface area contributed by atoms with Crippen LogP contribution in [0.2, 0.25) is 0 Å². The van der Waals surface area contributed by atoms with Crippen molar-refractivity contribution in [1.82, 2.24) is 4.90 Å². The first kappa shape index (κ1) is 15.1. The van der Waals surface area contributed by atoms with Gasteiger partial charge < -0.3 is 9.84 Å². The summed E-state index contributed by atoms with van der Waals surface area (Å²) in [7, 11) is 0. The molecule has 1 aromatic carbocycles. The normalized spacial score (nSPS) is 15.3. The van der Waals surface area contributed by atoms with Crippen LogP contribution in [-0.2, 0) is 9.59 Å². The van der Waals surface area contributed by atoms with Gasteiger partial charge in [-0.1, -0.05) is 19.1 Å². The minimum absolute atomic E-state index is 0.0539. The zero-order valence-corrected chi connectivity index (χ0v) is 12.4. The van der Waals surface area contributed by atoms with Crippen LogP contribution >= 0.6 is 0 Å². The summed E-state index contributed by atoms with van der Waals surface area (Å²) in [5.74, 6) is -0.877. The van der Waals surface area contributed by atoms with Crippen molar-refractivity contribution in [3.8, 4) is 5.75 Å². The first-order chi connectivity index (χ1) is 9.95. The predicted octanol–water partition coefficient (Wildman–Crippen LogP) is 2.52. The van der Waals surface area contributed by atoms with Crippen molar-refractivity contribution in [3.05, 3.63) is 35.6 Å². The zero-order chi connectivity index (χ0) is 15.6. The van der Waals surface area contributed by atoms with Crippen molar-refractivity contribution in [2.45, 2.75) is 33.3 Å². The average molecular weight is 289 g/mol. The summed E-state index contributed by atoms with van der Waals surface area (Å²) in [5.41, 5.74) is 0.574. The Hall–Kier alpha value is -2.30. The van der Waals surface area contributed by atoms with Crippen LogP contribution in [0.3, 0.4) is 0 Å². The molecule has 112 valence electrons. The van der Waals surface area contributed by atoms with Crippen LogP contribution in [0.4, 0.5) is 0 Å². The number of nitrogens with zero attached hydrogens (tertiary/aromatic N) is 1. The van der Waals surface area contributed by atoms with Gasteiger partial charge in [0, 0.05) is 6.54 Å². The van der Waals surface area contributed by atoms with E-state index < -0.39 is 17.6 Å². The van der Waals surface area contributed by atoms with E-state index in [4.69, 9.17) is 4.74 Å². The molecular formula is C16H19NO4. The Labute approximate surface area is 123 Å². The highest BCUT2D eigenvalue weighted by atomic mass is 16.5. The molecule has 0 atom stereocenters. The Morgan fingerprint density at radius 1 is 1.14 bits per heavy atom. The van der Waals surface area contributed by atoms with Gasteiger partial charge in [-0.15, -0.1) is 0 Å². The van der Waals surface area contributed by atoms with E-state index in [0.29, 0.717) is 24.3 Å². The Balaban J connectivity index is 2.29. The van der Waals surface area contributed by atoms with Crippen molar-refractivity contribution in [2.75, 3.05) is 6.54 Å². The average Bonchev–Trinajstić information content (AvgIpc) is 2.64. The number of aliphatic hydroxyl groups is 1. The second kappa shape index (κ2) is 5.99. The summed E-state index contributed by atoms with van der Waals surface area (Å²) in [5, 5.41) is 9.93. The number of carbonyl (C=O) groups excluding carboxylic acids is 2. The zero-order valence-electron chi connectivity index (χ0n) is 12.4. The van der Waals surface area contributed by atoms with Crippen LogP contribution in [0.15, 0.2) is 30.0 Å². The summed E-state index contributed by atoms with van der Waals surface area (Å²) in [6.45, 7) is 6.02. The highest BCUT2D eigenvalue weighted by Crippen LogP contribution is 2.29. The van der Waals surface area contributed by atoms with Gasteiger partial charge in [-0.3, -0.25) is 14.5 Å². The van der Waals surface area contributed by atoms with Gasteiger partial charge in [0.25, 0.3) is 11.8 Å². The first-order valence-corrected chi connectivity index (χ1v) is 7.02. The molecule has 0 spiro atoms. The van der Waals surface area contributed by atoms with Crippen LogP contribution in [0.25, 0.3) is 5.57 Å². The summed E-state index contributed by atoms with van der Waals surface area (Å²) in [6.07, 6.45) is 0.706. The predicted molar refractivity (Wildman–Crippen MR) is 78.8 cm³/mol. The van der Waals surface area contributed by atoms with Crippen LogP contribution in [0.5, 0.6) is 5.75 Å². The lowest BCUT2D eigenvalue weighted by Gasteiger charge is -2.13. The van der Waals surface area contributed by atoms with Gasteiger partial charge in [0.2, 0.25) is 0 Å². The number of benzene rings is 1. The fraction of sp³-hybridized carbons (Fsp3) is 0.375. The summed E-state index contributed by atoms with van der Waals surface area (Å²) < 4.78 is 5.53. The molecule has 0 bridgehead atoms. The largest absolute Gasteiger partial charge is 0.502 e. The van der Waals surface area contributed by atoms with Gasteiger partial charge in [-0.25, -0.2) is 0 Å². The minimum Gasteiger partial charge on any atom is -0.502 e. The lowest BCUT2D eigenvalue weighted by Crippen LogP contribution is -2.32. The second-order valence-corrected chi connectivity index (χ2v) is 5.18. The monoisotopic (exact) mass is 289 g/mol. The number of hydrogen-bond donors (Lipinski definition) is 1. The Kier molecular flexibility index (Phi) is 4.31. The van der Waals surface area contributed by atoms with E-state index in [0.717, 1.165) is 4.90 Å². The van der Waals surface area contributed by atoms with Crippen LogP contribution in [-0.4, -0.2) is 34.5 Å². The van der Waals surface area contributed by atoms with Gasteiger partial charge in [-0.2, -0.15) is 0 Å². The van der Waals surface area contributed by atoms with Crippen molar-refractivity contribution >= 4 is 17.4 Å². The van der Waals surface area contributed by atoms with Crippen LogP contribution in [0.1, 0.15) is 32.8 Å². The van der Waals surface area contributed by atoms with Gasteiger partial charge in [0.1, 0.15) is 5.75 Å². The molecule has 1 aliphatic heterocycles. The number of imide groups is 1. The summed E-state index contributed by atoms with van der Waals surface area (Å²) in [6, 6.07) is 6.78. The molecule has 5 nitrogen and oxygen atoms in total. The Morgan fingerprint density at radius 2 is 1.76 bits per heavy atom. The van der Waals surface area contributed by atoms with Crippen molar-refractivity contribution in [1.29, 1.82) is 0 Å². The lowest BCUT2D eigenvalue weighted by molar-refractivity contribution is -0.138. The Bertz CT molecular complexity index is 587. The second-order valence-electron chi connectivity index (χ2n) is 5.18. The topological polar surface area (TPSA) is 66.8 Å². The standard InChI is InChI=1S/C16H19NO4/c1-4-9-17-15(19)13(14(18)16(17)20)11-5-7-12(8-6-11)21-10(2)3/h5-8,10,18H,4,9H2,1-3H3. The molecule has 2 amide bonds. The van der Waals surface area contributed by atoms with Crippen LogP contribution < -0.4 is 4.74 Å². The maximum atomic E-state index is 12.2. The van der Waals surface area contributed by atoms with E-state index in [1.54, 1.807) is 24.3 Å². The van der Waals surface area contributed by atoms with E-state index in [-0.39, 0.29) is 11.7 Å². The SMILES string of the molecule is CCCN1C(=O)C(O)=C(c2ccc(OC(C)C)cc2)C1=O. The van der Waals surface area contributed by atoms with Crippen molar-refractivity contribution < 1.29 is 19.4 Å². The lowest BCUT2D eigenvalue weighted by atomic mass is 10.1. The third kappa shape index (κ3) is 2.91. The highest BCUT2D eigenvalue weighted by molar-refractivity contribution is 6.34. The van der Waals surface area contributed by atoms with Gasteiger partial charge in [0.15, 0.2) is 5.76 Å². The van der Waals surface area contributed by atoms with Crippen LogP contribution in [0, 0.1) is 0 Å². The maximum Gasteiger partial charge on any atom is 0.296 e. The van der Waals surface area contributed by atoms with E-state index in [2.05, 4.69) is 0 Å². The molecule has 1 heterocycles. The number of aliphatic hydroxyl groups excluding tert-OH is 1. The molecule has 1 N–H and O–H groups in total. The van der Waals surface area contributed by atoms with Gasteiger partial charge in [-0.05, 0) is 38.0 Å². The molecule has 0 radical (unpaired) electrons.